The SMILES string of the molecule is C#CN(CCOCC(=O)CCCCOC)C(=O)OC(C)(C)C. The lowest BCUT2D eigenvalue weighted by atomic mass is 10.2. The fourth-order valence-corrected chi connectivity index (χ4v) is 1.51. The van der Waals surface area contributed by atoms with Gasteiger partial charge in [0.1, 0.15) is 12.2 Å². The smallest absolute Gasteiger partial charge is 0.422 e. The zero-order chi connectivity index (χ0) is 17.0. The molecule has 0 N–H and O–H groups in total. The van der Waals surface area contributed by atoms with E-state index < -0.39 is 11.7 Å². The molecule has 6 heteroatoms. The first kappa shape index (κ1) is 20.4. The fourth-order valence-electron chi connectivity index (χ4n) is 1.51. The van der Waals surface area contributed by atoms with Gasteiger partial charge in [0.15, 0.2) is 5.78 Å². The van der Waals surface area contributed by atoms with E-state index in [2.05, 4.69) is 6.04 Å². The first-order valence-corrected chi connectivity index (χ1v) is 7.35. The lowest BCUT2D eigenvalue weighted by Gasteiger charge is -2.23. The zero-order valence-corrected chi connectivity index (χ0v) is 14.0. The van der Waals surface area contributed by atoms with E-state index in [0.29, 0.717) is 13.0 Å². The molecule has 0 aliphatic carbocycles. The Labute approximate surface area is 133 Å². The summed E-state index contributed by atoms with van der Waals surface area (Å²) in [4.78, 5) is 24.4. The topological polar surface area (TPSA) is 65.1 Å². The molecule has 0 unspecified atom stereocenters. The monoisotopic (exact) mass is 313 g/mol. The Hall–Kier alpha value is -1.58. The van der Waals surface area contributed by atoms with Gasteiger partial charge in [-0.3, -0.25) is 4.79 Å². The maximum Gasteiger partial charge on any atom is 0.422 e. The summed E-state index contributed by atoms with van der Waals surface area (Å²) in [7, 11) is 1.63. The highest BCUT2D eigenvalue weighted by Gasteiger charge is 2.20. The molecule has 1 amide bonds. The Bertz CT molecular complexity index is 381. The Morgan fingerprint density at radius 1 is 1.18 bits per heavy atom. The average molecular weight is 313 g/mol. The van der Waals surface area contributed by atoms with E-state index in [1.807, 2.05) is 0 Å². The summed E-state index contributed by atoms with van der Waals surface area (Å²) in [5.41, 5.74) is -0.606. The van der Waals surface area contributed by atoms with Crippen LogP contribution < -0.4 is 0 Å². The van der Waals surface area contributed by atoms with Gasteiger partial charge in [0.25, 0.3) is 0 Å². The molecule has 0 aromatic heterocycles. The van der Waals surface area contributed by atoms with E-state index in [4.69, 9.17) is 20.6 Å². The standard InChI is InChI=1S/C16H27NO5/c1-6-17(15(19)22-16(2,3)4)10-12-21-13-14(18)9-7-8-11-20-5/h1H,7-13H2,2-5H3. The Kier molecular flexibility index (Phi) is 10.3. The molecule has 0 aromatic carbocycles. The number of carbonyl (C=O) groups is 2. The van der Waals surface area contributed by atoms with Gasteiger partial charge in [-0.2, -0.15) is 0 Å². The number of amides is 1. The van der Waals surface area contributed by atoms with Crippen molar-refractivity contribution in [1.29, 1.82) is 0 Å². The third kappa shape index (κ3) is 11.1. The van der Waals surface area contributed by atoms with Gasteiger partial charge in [-0.1, -0.05) is 6.42 Å². The number of hydrogen-bond donors (Lipinski definition) is 0. The quantitative estimate of drug-likeness (QED) is 0.351. The number of Topliss-reactive ketones (excluding diaryl/α,β-unsaturated/α-hetero) is 1. The second kappa shape index (κ2) is 11.0. The molecule has 0 saturated heterocycles. The molecule has 0 atom stereocenters. The van der Waals surface area contributed by atoms with Crippen molar-refractivity contribution in [3.63, 3.8) is 0 Å². The summed E-state index contributed by atoms with van der Waals surface area (Å²) in [5.74, 6) is 0.0284. The number of methoxy groups -OCH3 is 1. The molecular weight excluding hydrogens is 286 g/mol. The average Bonchev–Trinajstić information content (AvgIpc) is 2.41. The van der Waals surface area contributed by atoms with E-state index in [-0.39, 0.29) is 25.5 Å². The molecule has 0 radical (unpaired) electrons. The maximum absolute atomic E-state index is 11.7. The van der Waals surface area contributed by atoms with Crippen LogP contribution in [0, 0.1) is 12.5 Å². The minimum absolute atomic E-state index is 0.0275. The number of unbranched alkanes of at least 4 members (excludes halogenated alkanes) is 1. The molecule has 22 heavy (non-hydrogen) atoms. The lowest BCUT2D eigenvalue weighted by Crippen LogP contribution is -2.35. The van der Waals surface area contributed by atoms with Crippen molar-refractivity contribution in [2.24, 2.45) is 0 Å². The van der Waals surface area contributed by atoms with E-state index in [9.17, 15) is 9.59 Å². The summed E-state index contributed by atoms with van der Waals surface area (Å²) in [6, 6.07) is 2.24. The van der Waals surface area contributed by atoms with Crippen molar-refractivity contribution < 1.29 is 23.8 Å². The van der Waals surface area contributed by atoms with Crippen LogP contribution >= 0.6 is 0 Å². The number of rotatable bonds is 10. The van der Waals surface area contributed by atoms with E-state index in [1.54, 1.807) is 27.9 Å². The predicted octanol–water partition coefficient (Wildman–Crippen LogP) is 2.22. The molecule has 6 nitrogen and oxygen atoms in total. The minimum atomic E-state index is -0.606. The second-order valence-electron chi connectivity index (χ2n) is 5.80. The van der Waals surface area contributed by atoms with Crippen molar-refractivity contribution in [2.75, 3.05) is 33.5 Å². The number of hydrogen-bond acceptors (Lipinski definition) is 5. The fraction of sp³-hybridized carbons (Fsp3) is 0.750. The molecule has 0 spiro atoms. The van der Waals surface area contributed by atoms with Crippen LogP contribution in [0.25, 0.3) is 0 Å². The highest BCUT2D eigenvalue weighted by atomic mass is 16.6. The number of nitrogens with zero attached hydrogens (tertiary/aromatic N) is 1. The third-order valence-electron chi connectivity index (χ3n) is 2.55. The highest BCUT2D eigenvalue weighted by molar-refractivity contribution is 5.79. The van der Waals surface area contributed by atoms with Gasteiger partial charge < -0.3 is 14.2 Å². The van der Waals surface area contributed by atoms with Gasteiger partial charge in [0.2, 0.25) is 0 Å². The van der Waals surface area contributed by atoms with Crippen LogP contribution in [0.1, 0.15) is 40.0 Å². The molecule has 0 aromatic rings. The van der Waals surface area contributed by atoms with Crippen LogP contribution in [0.3, 0.4) is 0 Å². The predicted molar refractivity (Wildman–Crippen MR) is 83.3 cm³/mol. The Morgan fingerprint density at radius 3 is 2.41 bits per heavy atom. The molecule has 0 fully saturated rings. The largest absolute Gasteiger partial charge is 0.443 e. The minimum Gasteiger partial charge on any atom is -0.443 e. The molecule has 0 heterocycles. The normalized spacial score (nSPS) is 10.9. The van der Waals surface area contributed by atoms with Crippen molar-refractivity contribution in [3.05, 3.63) is 0 Å². The van der Waals surface area contributed by atoms with Gasteiger partial charge in [-0.25, -0.2) is 9.69 Å². The van der Waals surface area contributed by atoms with Gasteiger partial charge in [-0.05, 0) is 33.6 Å². The zero-order valence-electron chi connectivity index (χ0n) is 14.0. The van der Waals surface area contributed by atoms with Crippen molar-refractivity contribution >= 4 is 11.9 Å². The highest BCUT2D eigenvalue weighted by Crippen LogP contribution is 2.09. The lowest BCUT2D eigenvalue weighted by molar-refractivity contribution is -0.123. The van der Waals surface area contributed by atoms with Crippen molar-refractivity contribution in [3.8, 4) is 12.5 Å². The van der Waals surface area contributed by atoms with Crippen LogP contribution in [-0.4, -0.2) is 55.9 Å². The number of ketones is 1. The van der Waals surface area contributed by atoms with Crippen molar-refractivity contribution in [1.82, 2.24) is 4.90 Å². The summed E-state index contributed by atoms with van der Waals surface area (Å²) < 4.78 is 15.3. The van der Waals surface area contributed by atoms with Crippen LogP contribution in [0.4, 0.5) is 4.79 Å². The Morgan fingerprint density at radius 2 is 1.86 bits per heavy atom. The number of ether oxygens (including phenoxy) is 3. The second-order valence-corrected chi connectivity index (χ2v) is 5.80. The van der Waals surface area contributed by atoms with Gasteiger partial charge >= 0.3 is 6.09 Å². The third-order valence-corrected chi connectivity index (χ3v) is 2.55. The number of carbonyl (C=O) groups excluding carboxylic acids is 2. The summed E-state index contributed by atoms with van der Waals surface area (Å²) in [6.45, 7) is 6.34. The molecule has 0 aliphatic heterocycles. The Balaban J connectivity index is 3.86. The molecule has 0 aliphatic rings. The van der Waals surface area contributed by atoms with Crippen molar-refractivity contribution in [2.45, 2.75) is 45.6 Å². The number of terminal acetylenes is 1. The van der Waals surface area contributed by atoms with Crippen LogP contribution in [0.15, 0.2) is 0 Å². The van der Waals surface area contributed by atoms with E-state index >= 15 is 0 Å². The molecule has 0 bridgehead atoms. The molecule has 0 rings (SSSR count). The van der Waals surface area contributed by atoms with Gasteiger partial charge in [0.05, 0.1) is 13.2 Å². The van der Waals surface area contributed by atoms with Crippen LogP contribution in [-0.2, 0) is 19.0 Å². The van der Waals surface area contributed by atoms with Gasteiger partial charge in [0, 0.05) is 26.2 Å². The molecule has 126 valence electrons. The van der Waals surface area contributed by atoms with Crippen LogP contribution in [0.5, 0.6) is 0 Å². The first-order valence-electron chi connectivity index (χ1n) is 7.35. The van der Waals surface area contributed by atoms with E-state index in [0.717, 1.165) is 17.7 Å². The molecule has 0 saturated carbocycles. The summed E-state index contributed by atoms with van der Waals surface area (Å²) in [5, 5.41) is 0. The van der Waals surface area contributed by atoms with Crippen LogP contribution in [0.2, 0.25) is 0 Å². The maximum atomic E-state index is 11.7. The van der Waals surface area contributed by atoms with Gasteiger partial charge in [-0.15, -0.1) is 0 Å². The first-order chi connectivity index (χ1) is 10.3. The summed E-state index contributed by atoms with van der Waals surface area (Å²) >= 11 is 0. The molecular formula is C16H27NO5. The summed E-state index contributed by atoms with van der Waals surface area (Å²) in [6.07, 6.45) is 6.78. The van der Waals surface area contributed by atoms with E-state index in [1.165, 1.54) is 0 Å².